The molecule has 0 amide bonds. The minimum Gasteiger partial charge on any atom is -0.271 e. The molecule has 2 saturated carbocycles. The lowest BCUT2D eigenvalue weighted by Crippen LogP contribution is -2.39. The van der Waals surface area contributed by atoms with Crippen molar-refractivity contribution in [1.29, 1.82) is 0 Å². The predicted octanol–water partition coefficient (Wildman–Crippen LogP) is 2.76. The second-order valence-electron chi connectivity index (χ2n) is 5.44. The molecular weight excluding hydrogens is 232 g/mol. The minimum atomic E-state index is 0.437. The summed E-state index contributed by atoms with van der Waals surface area (Å²) >= 11 is 5.89. The molecule has 0 aromatic heterocycles. The number of hydrogen-bond donors (Lipinski definition) is 2. The summed E-state index contributed by atoms with van der Waals surface area (Å²) in [6.07, 6.45) is 5.26. The van der Waals surface area contributed by atoms with Gasteiger partial charge in [0.1, 0.15) is 0 Å². The Labute approximate surface area is 108 Å². The SMILES string of the molecule is NNC(Cc1ccc(Cl)cc1)C1C2CCCC21. The van der Waals surface area contributed by atoms with Crippen LogP contribution < -0.4 is 11.3 Å². The molecule has 3 atom stereocenters. The maximum Gasteiger partial charge on any atom is 0.0406 e. The Morgan fingerprint density at radius 1 is 1.24 bits per heavy atom. The molecule has 0 spiro atoms. The van der Waals surface area contributed by atoms with Crippen molar-refractivity contribution in [1.82, 2.24) is 5.43 Å². The third kappa shape index (κ3) is 2.22. The predicted molar refractivity (Wildman–Crippen MR) is 70.6 cm³/mol. The molecule has 0 radical (unpaired) electrons. The van der Waals surface area contributed by atoms with Gasteiger partial charge in [-0.25, -0.2) is 0 Å². The minimum absolute atomic E-state index is 0.437. The lowest BCUT2D eigenvalue weighted by Gasteiger charge is -2.18. The second-order valence-corrected chi connectivity index (χ2v) is 5.88. The zero-order valence-electron chi connectivity index (χ0n) is 9.90. The summed E-state index contributed by atoms with van der Waals surface area (Å²) in [5, 5.41) is 0.800. The molecule has 2 aliphatic rings. The van der Waals surface area contributed by atoms with E-state index in [9.17, 15) is 0 Å². The van der Waals surface area contributed by atoms with E-state index >= 15 is 0 Å². The maximum absolute atomic E-state index is 5.89. The highest BCUT2D eigenvalue weighted by Crippen LogP contribution is 2.59. The van der Waals surface area contributed by atoms with Crippen molar-refractivity contribution in [3.63, 3.8) is 0 Å². The second kappa shape index (κ2) is 4.60. The van der Waals surface area contributed by atoms with Crippen LogP contribution in [0.5, 0.6) is 0 Å². The van der Waals surface area contributed by atoms with Crippen LogP contribution in [0.1, 0.15) is 24.8 Å². The molecule has 17 heavy (non-hydrogen) atoms. The molecule has 0 aliphatic heterocycles. The molecule has 2 aliphatic carbocycles. The fraction of sp³-hybridized carbons (Fsp3) is 0.571. The van der Waals surface area contributed by atoms with E-state index in [4.69, 9.17) is 17.4 Å². The largest absolute Gasteiger partial charge is 0.271 e. The zero-order valence-corrected chi connectivity index (χ0v) is 10.7. The average molecular weight is 251 g/mol. The van der Waals surface area contributed by atoms with Gasteiger partial charge in [-0.2, -0.15) is 0 Å². The molecule has 1 aromatic rings. The fourth-order valence-corrected chi connectivity index (χ4v) is 3.78. The first-order valence-corrected chi connectivity index (χ1v) is 6.88. The summed E-state index contributed by atoms with van der Waals surface area (Å²) in [6.45, 7) is 0. The molecular formula is C14H19ClN2. The molecule has 92 valence electrons. The summed E-state index contributed by atoms with van der Waals surface area (Å²) in [5.41, 5.74) is 4.34. The summed E-state index contributed by atoms with van der Waals surface area (Å²) < 4.78 is 0. The van der Waals surface area contributed by atoms with Crippen molar-refractivity contribution in [2.24, 2.45) is 23.6 Å². The van der Waals surface area contributed by atoms with Crippen LogP contribution >= 0.6 is 11.6 Å². The van der Waals surface area contributed by atoms with Crippen molar-refractivity contribution in [2.45, 2.75) is 31.7 Å². The van der Waals surface area contributed by atoms with Crippen molar-refractivity contribution in [3.8, 4) is 0 Å². The highest BCUT2D eigenvalue weighted by atomic mass is 35.5. The Morgan fingerprint density at radius 3 is 2.47 bits per heavy atom. The molecule has 3 N–H and O–H groups in total. The summed E-state index contributed by atoms with van der Waals surface area (Å²) in [6, 6.07) is 8.55. The summed E-state index contributed by atoms with van der Waals surface area (Å²) in [4.78, 5) is 0. The van der Waals surface area contributed by atoms with Gasteiger partial charge >= 0.3 is 0 Å². The van der Waals surface area contributed by atoms with E-state index < -0.39 is 0 Å². The number of fused-ring (bicyclic) bond motifs is 1. The number of nitrogens with one attached hydrogen (secondary N) is 1. The van der Waals surface area contributed by atoms with Crippen LogP contribution in [0.25, 0.3) is 0 Å². The molecule has 2 fully saturated rings. The third-order valence-electron chi connectivity index (χ3n) is 4.52. The number of nitrogens with two attached hydrogens (primary N) is 1. The van der Waals surface area contributed by atoms with Gasteiger partial charge in [-0.3, -0.25) is 11.3 Å². The van der Waals surface area contributed by atoms with Crippen molar-refractivity contribution in [3.05, 3.63) is 34.9 Å². The molecule has 1 aromatic carbocycles. The zero-order chi connectivity index (χ0) is 11.8. The quantitative estimate of drug-likeness (QED) is 0.637. The Balaban J connectivity index is 1.64. The van der Waals surface area contributed by atoms with E-state index in [-0.39, 0.29) is 0 Å². The number of hydrogen-bond acceptors (Lipinski definition) is 2. The van der Waals surface area contributed by atoms with E-state index in [1.54, 1.807) is 0 Å². The number of hydrazine groups is 1. The first kappa shape index (κ1) is 11.5. The van der Waals surface area contributed by atoms with Gasteiger partial charge < -0.3 is 0 Å². The van der Waals surface area contributed by atoms with E-state index in [0.29, 0.717) is 6.04 Å². The van der Waals surface area contributed by atoms with Crippen LogP contribution in [-0.2, 0) is 6.42 Å². The van der Waals surface area contributed by atoms with Crippen LogP contribution in [-0.4, -0.2) is 6.04 Å². The molecule has 3 unspecified atom stereocenters. The van der Waals surface area contributed by atoms with E-state index in [1.165, 1.54) is 24.8 Å². The fourth-order valence-electron chi connectivity index (χ4n) is 3.65. The number of rotatable bonds is 4. The van der Waals surface area contributed by atoms with E-state index in [1.807, 2.05) is 12.1 Å². The highest BCUT2D eigenvalue weighted by Gasteiger charge is 2.55. The van der Waals surface area contributed by atoms with E-state index in [2.05, 4.69) is 17.6 Å². The van der Waals surface area contributed by atoms with Crippen LogP contribution in [0, 0.1) is 17.8 Å². The van der Waals surface area contributed by atoms with Crippen molar-refractivity contribution >= 4 is 11.6 Å². The van der Waals surface area contributed by atoms with Gasteiger partial charge in [0.15, 0.2) is 0 Å². The molecule has 3 rings (SSSR count). The monoisotopic (exact) mass is 250 g/mol. The average Bonchev–Trinajstić information content (AvgIpc) is 2.82. The Bertz CT molecular complexity index is 380. The summed E-state index contributed by atoms with van der Waals surface area (Å²) in [5.74, 6) is 8.42. The van der Waals surface area contributed by atoms with Crippen LogP contribution in [0.4, 0.5) is 0 Å². The van der Waals surface area contributed by atoms with Crippen molar-refractivity contribution in [2.75, 3.05) is 0 Å². The van der Waals surface area contributed by atoms with E-state index in [0.717, 1.165) is 29.2 Å². The summed E-state index contributed by atoms with van der Waals surface area (Å²) in [7, 11) is 0. The molecule has 0 bridgehead atoms. The van der Waals surface area contributed by atoms with Gasteiger partial charge in [0.25, 0.3) is 0 Å². The lowest BCUT2D eigenvalue weighted by molar-refractivity contribution is 0.410. The normalized spacial score (nSPS) is 32.2. The Hall–Kier alpha value is -0.570. The molecule has 0 heterocycles. The first-order valence-electron chi connectivity index (χ1n) is 6.50. The van der Waals surface area contributed by atoms with Gasteiger partial charge in [0.2, 0.25) is 0 Å². The van der Waals surface area contributed by atoms with Gasteiger partial charge in [0.05, 0.1) is 0 Å². The van der Waals surface area contributed by atoms with Gasteiger partial charge in [-0.15, -0.1) is 0 Å². The standard InChI is InChI=1S/C14H19ClN2/c15-10-6-4-9(5-7-10)8-13(17-16)14-11-2-1-3-12(11)14/h4-7,11-14,17H,1-3,8,16H2. The molecule has 3 heteroatoms. The topological polar surface area (TPSA) is 38.0 Å². The third-order valence-corrected chi connectivity index (χ3v) is 4.77. The lowest BCUT2D eigenvalue weighted by atomic mass is 9.98. The Morgan fingerprint density at radius 2 is 1.88 bits per heavy atom. The number of benzene rings is 1. The smallest absolute Gasteiger partial charge is 0.0406 e. The Kier molecular flexibility index (Phi) is 3.12. The van der Waals surface area contributed by atoms with Crippen LogP contribution in [0.2, 0.25) is 5.02 Å². The van der Waals surface area contributed by atoms with Crippen LogP contribution in [0.15, 0.2) is 24.3 Å². The maximum atomic E-state index is 5.89. The van der Waals surface area contributed by atoms with Crippen molar-refractivity contribution < 1.29 is 0 Å². The molecule has 0 saturated heterocycles. The van der Waals surface area contributed by atoms with Crippen LogP contribution in [0.3, 0.4) is 0 Å². The van der Waals surface area contributed by atoms with Gasteiger partial charge in [-0.1, -0.05) is 30.2 Å². The number of halogens is 1. The highest BCUT2D eigenvalue weighted by molar-refractivity contribution is 6.30. The van der Waals surface area contributed by atoms with Gasteiger partial charge in [-0.05, 0) is 54.7 Å². The van der Waals surface area contributed by atoms with Gasteiger partial charge in [0, 0.05) is 11.1 Å². The molecule has 2 nitrogen and oxygen atoms in total. The first-order chi connectivity index (χ1) is 8.29.